The fraction of sp³-hybridized carbons (Fsp3) is 0.294. The SMILES string of the molecule is COc1ccc(S(=O)(=O)Oc2ccc(Cl)cc2CNC(C)C)cc1. The van der Waals surface area contributed by atoms with Crippen molar-refractivity contribution in [3.05, 3.63) is 53.1 Å². The van der Waals surface area contributed by atoms with Crippen LogP contribution in [0.1, 0.15) is 19.4 Å². The van der Waals surface area contributed by atoms with E-state index in [0.717, 1.165) is 0 Å². The fourth-order valence-electron chi connectivity index (χ4n) is 1.99. The van der Waals surface area contributed by atoms with E-state index in [9.17, 15) is 8.42 Å². The Morgan fingerprint density at radius 2 is 1.79 bits per heavy atom. The molecule has 0 radical (unpaired) electrons. The summed E-state index contributed by atoms with van der Waals surface area (Å²) in [5, 5.41) is 3.74. The van der Waals surface area contributed by atoms with Crippen molar-refractivity contribution in [3.63, 3.8) is 0 Å². The van der Waals surface area contributed by atoms with Crippen molar-refractivity contribution in [2.75, 3.05) is 7.11 Å². The van der Waals surface area contributed by atoms with Crippen LogP contribution in [0.3, 0.4) is 0 Å². The lowest BCUT2D eigenvalue weighted by molar-refractivity contribution is 0.414. The molecule has 0 fully saturated rings. The molecule has 0 aliphatic rings. The predicted molar refractivity (Wildman–Crippen MR) is 94.2 cm³/mol. The molecule has 0 heterocycles. The van der Waals surface area contributed by atoms with Crippen LogP contribution in [0.2, 0.25) is 5.02 Å². The Hall–Kier alpha value is -1.76. The minimum Gasteiger partial charge on any atom is -0.497 e. The highest BCUT2D eigenvalue weighted by Crippen LogP contribution is 2.27. The molecule has 0 aliphatic carbocycles. The zero-order chi connectivity index (χ0) is 17.7. The molecule has 2 rings (SSSR count). The van der Waals surface area contributed by atoms with Crippen molar-refractivity contribution in [3.8, 4) is 11.5 Å². The Labute approximate surface area is 147 Å². The third-order valence-electron chi connectivity index (χ3n) is 3.27. The van der Waals surface area contributed by atoms with Crippen LogP contribution in [0.15, 0.2) is 47.4 Å². The number of hydrogen-bond donors (Lipinski definition) is 1. The quantitative estimate of drug-likeness (QED) is 0.755. The number of methoxy groups -OCH3 is 1. The molecule has 0 saturated carbocycles. The summed E-state index contributed by atoms with van der Waals surface area (Å²) in [6.45, 7) is 4.45. The summed E-state index contributed by atoms with van der Waals surface area (Å²) in [6, 6.07) is 11.1. The Kier molecular flexibility index (Phi) is 6.10. The van der Waals surface area contributed by atoms with E-state index >= 15 is 0 Å². The number of ether oxygens (including phenoxy) is 1. The molecule has 0 bridgehead atoms. The van der Waals surface area contributed by atoms with E-state index in [1.165, 1.54) is 19.2 Å². The standard InChI is InChI=1S/C17H20ClNO4S/c1-12(2)19-11-13-10-14(18)4-9-17(13)23-24(20,21)16-7-5-15(22-3)6-8-16/h4-10,12,19H,11H2,1-3H3. The maximum Gasteiger partial charge on any atom is 0.339 e. The molecule has 0 spiro atoms. The van der Waals surface area contributed by atoms with Crippen molar-refractivity contribution < 1.29 is 17.3 Å². The highest BCUT2D eigenvalue weighted by molar-refractivity contribution is 7.87. The first-order chi connectivity index (χ1) is 11.3. The van der Waals surface area contributed by atoms with Gasteiger partial charge in [-0.3, -0.25) is 0 Å². The molecule has 0 aliphatic heterocycles. The Morgan fingerprint density at radius 3 is 2.38 bits per heavy atom. The second kappa shape index (κ2) is 7.88. The molecular formula is C17H20ClNO4S. The maximum absolute atomic E-state index is 12.5. The average Bonchev–Trinajstić information content (AvgIpc) is 2.55. The van der Waals surface area contributed by atoms with Crippen LogP contribution in [-0.2, 0) is 16.7 Å². The van der Waals surface area contributed by atoms with Gasteiger partial charge in [-0.25, -0.2) is 0 Å². The van der Waals surface area contributed by atoms with Crippen molar-refractivity contribution >= 4 is 21.7 Å². The zero-order valence-electron chi connectivity index (χ0n) is 13.7. The van der Waals surface area contributed by atoms with Crippen molar-refractivity contribution in [1.29, 1.82) is 0 Å². The molecule has 0 aromatic heterocycles. The van der Waals surface area contributed by atoms with Crippen LogP contribution in [0.25, 0.3) is 0 Å². The predicted octanol–water partition coefficient (Wildman–Crippen LogP) is 3.61. The van der Waals surface area contributed by atoms with Crippen LogP contribution in [0.4, 0.5) is 0 Å². The second-order valence-corrected chi connectivity index (χ2v) is 7.48. The highest BCUT2D eigenvalue weighted by atomic mass is 35.5. The normalized spacial score (nSPS) is 11.5. The molecule has 2 aromatic carbocycles. The van der Waals surface area contributed by atoms with E-state index in [1.54, 1.807) is 30.3 Å². The smallest absolute Gasteiger partial charge is 0.339 e. The Bertz CT molecular complexity index is 789. The monoisotopic (exact) mass is 369 g/mol. The third-order valence-corrected chi connectivity index (χ3v) is 4.75. The van der Waals surface area contributed by atoms with Gasteiger partial charge in [-0.15, -0.1) is 0 Å². The number of hydrogen-bond acceptors (Lipinski definition) is 5. The van der Waals surface area contributed by atoms with Gasteiger partial charge in [0.1, 0.15) is 16.4 Å². The number of rotatable bonds is 7. The van der Waals surface area contributed by atoms with Crippen LogP contribution >= 0.6 is 11.6 Å². The fourth-order valence-corrected chi connectivity index (χ4v) is 3.15. The lowest BCUT2D eigenvalue weighted by Gasteiger charge is -2.14. The van der Waals surface area contributed by atoms with Gasteiger partial charge in [-0.2, -0.15) is 8.42 Å². The summed E-state index contributed by atoms with van der Waals surface area (Å²) in [7, 11) is -2.42. The largest absolute Gasteiger partial charge is 0.497 e. The molecule has 24 heavy (non-hydrogen) atoms. The van der Waals surface area contributed by atoms with Gasteiger partial charge < -0.3 is 14.2 Å². The summed E-state index contributed by atoms with van der Waals surface area (Å²) in [5.74, 6) is 0.825. The summed E-state index contributed by atoms with van der Waals surface area (Å²) in [4.78, 5) is 0.0565. The van der Waals surface area contributed by atoms with Crippen molar-refractivity contribution in [2.45, 2.75) is 31.3 Å². The minimum atomic E-state index is -3.94. The molecule has 7 heteroatoms. The zero-order valence-corrected chi connectivity index (χ0v) is 15.3. The van der Waals surface area contributed by atoms with Crippen molar-refractivity contribution in [2.24, 2.45) is 0 Å². The van der Waals surface area contributed by atoms with Crippen LogP contribution in [0.5, 0.6) is 11.5 Å². The Morgan fingerprint density at radius 1 is 1.12 bits per heavy atom. The van der Waals surface area contributed by atoms with E-state index < -0.39 is 10.1 Å². The summed E-state index contributed by atoms with van der Waals surface area (Å²) in [6.07, 6.45) is 0. The average molecular weight is 370 g/mol. The molecule has 2 aromatic rings. The van der Waals surface area contributed by atoms with Gasteiger partial charge in [0.05, 0.1) is 7.11 Å². The molecule has 0 unspecified atom stereocenters. The Balaban J connectivity index is 2.27. The molecule has 0 amide bonds. The number of nitrogens with one attached hydrogen (secondary N) is 1. The van der Waals surface area contributed by atoms with E-state index in [-0.39, 0.29) is 16.7 Å². The van der Waals surface area contributed by atoms with Gasteiger partial charge in [0, 0.05) is 23.2 Å². The summed E-state index contributed by atoms with van der Waals surface area (Å²) >= 11 is 6.01. The number of halogens is 1. The van der Waals surface area contributed by atoms with Gasteiger partial charge >= 0.3 is 10.1 Å². The van der Waals surface area contributed by atoms with E-state index in [0.29, 0.717) is 22.9 Å². The van der Waals surface area contributed by atoms with E-state index in [1.807, 2.05) is 13.8 Å². The van der Waals surface area contributed by atoms with E-state index in [2.05, 4.69) is 5.32 Å². The van der Waals surface area contributed by atoms with Gasteiger partial charge in [-0.05, 0) is 42.5 Å². The second-order valence-electron chi connectivity index (χ2n) is 5.50. The molecule has 0 atom stereocenters. The lowest BCUT2D eigenvalue weighted by atomic mass is 10.2. The van der Waals surface area contributed by atoms with Gasteiger partial charge in [0.2, 0.25) is 0 Å². The first kappa shape index (κ1) is 18.6. The van der Waals surface area contributed by atoms with Crippen LogP contribution < -0.4 is 14.2 Å². The summed E-state index contributed by atoms with van der Waals surface area (Å²) < 4.78 is 35.3. The minimum absolute atomic E-state index is 0.0565. The van der Waals surface area contributed by atoms with Gasteiger partial charge in [-0.1, -0.05) is 25.4 Å². The maximum atomic E-state index is 12.5. The van der Waals surface area contributed by atoms with E-state index in [4.69, 9.17) is 20.5 Å². The lowest BCUT2D eigenvalue weighted by Crippen LogP contribution is -2.22. The van der Waals surface area contributed by atoms with Gasteiger partial charge in [0.15, 0.2) is 0 Å². The van der Waals surface area contributed by atoms with Crippen LogP contribution in [-0.4, -0.2) is 21.6 Å². The molecule has 0 saturated heterocycles. The molecule has 5 nitrogen and oxygen atoms in total. The first-order valence-corrected chi connectivity index (χ1v) is 9.21. The molecular weight excluding hydrogens is 350 g/mol. The number of benzene rings is 2. The van der Waals surface area contributed by atoms with Crippen molar-refractivity contribution in [1.82, 2.24) is 5.32 Å². The summed E-state index contributed by atoms with van der Waals surface area (Å²) in [5.41, 5.74) is 0.674. The van der Waals surface area contributed by atoms with Crippen LogP contribution in [0, 0.1) is 0 Å². The highest BCUT2D eigenvalue weighted by Gasteiger charge is 2.19. The van der Waals surface area contributed by atoms with Gasteiger partial charge in [0.25, 0.3) is 0 Å². The third kappa shape index (κ3) is 4.87. The molecule has 130 valence electrons. The topological polar surface area (TPSA) is 64.6 Å². The first-order valence-electron chi connectivity index (χ1n) is 7.42. The molecule has 1 N–H and O–H groups in total.